The fourth-order valence-electron chi connectivity index (χ4n) is 6.26. The molecule has 7 N–H and O–H groups in total. The van der Waals surface area contributed by atoms with E-state index in [-0.39, 0.29) is 30.7 Å². The highest BCUT2D eigenvalue weighted by Crippen LogP contribution is 2.32. The van der Waals surface area contributed by atoms with Crippen LogP contribution in [0.15, 0.2) is 58.4 Å². The Morgan fingerprint density at radius 3 is 2.93 bits per heavy atom. The standard InChI is InChI=1S/C34H44N4O5/c1-2-3-4-5-25(40)16-26(41)9-6-22-7-11-32(42)33(14-22)43-21-38-18-30-24(17-37-31(30)19-38)15-29-23(20-39)8-10-28-27(29)12-13-36-34(28)35/h7-8,10-11,14,17,19,25,34,36,39-40,42H,2-6,9,12-13,15-16,18,20-21,35H2,1H3/p+1. The number of aliphatic hydroxyl groups excluding tert-OH is 2. The number of phenolic OH excluding ortho intramolecular Hbond substituents is 1. The fourth-order valence-corrected chi connectivity index (χ4v) is 6.26. The van der Waals surface area contributed by atoms with E-state index in [2.05, 4.69) is 23.4 Å². The highest BCUT2D eigenvalue weighted by atomic mass is 16.5. The number of aromatic hydroxyl groups is 1. The van der Waals surface area contributed by atoms with E-state index in [9.17, 15) is 20.1 Å². The highest BCUT2D eigenvalue weighted by Gasteiger charge is 2.30. The first-order chi connectivity index (χ1) is 20.9. The zero-order valence-electron chi connectivity index (χ0n) is 25.1. The summed E-state index contributed by atoms with van der Waals surface area (Å²) < 4.78 is 6.04. The van der Waals surface area contributed by atoms with E-state index in [1.54, 1.807) is 18.2 Å². The number of aryl methyl sites for hydroxylation is 1. The van der Waals surface area contributed by atoms with Crippen LogP contribution in [0.5, 0.6) is 11.5 Å². The Morgan fingerprint density at radius 2 is 2.12 bits per heavy atom. The van der Waals surface area contributed by atoms with Crippen LogP contribution in [0.4, 0.5) is 0 Å². The topological polar surface area (TPSA) is 142 Å². The molecule has 230 valence electrons. The maximum Gasteiger partial charge on any atom is 0.227 e. The molecule has 0 radical (unpaired) electrons. The molecule has 9 nitrogen and oxygen atoms in total. The number of aliphatic imine (C=N–C) groups is 1. The smallest absolute Gasteiger partial charge is 0.227 e. The van der Waals surface area contributed by atoms with E-state index in [1.165, 1.54) is 11.1 Å². The van der Waals surface area contributed by atoms with Gasteiger partial charge in [0.2, 0.25) is 6.73 Å². The molecular weight excluding hydrogens is 544 g/mol. The minimum atomic E-state index is -0.569. The van der Waals surface area contributed by atoms with Crippen LogP contribution >= 0.6 is 0 Å². The number of nitrogens with two attached hydrogens (primary N) is 1. The number of nitrogens with one attached hydrogen (secondary N) is 2. The summed E-state index contributed by atoms with van der Waals surface area (Å²) in [5.74, 6) is 0.494. The first-order valence-corrected chi connectivity index (χ1v) is 15.6. The molecule has 0 aromatic heterocycles. The SMILES string of the molecule is CCCCCC(O)CC(=O)CCc1ccc(O)c(OC[NH+]2C=C3N=CC(Cc4c(CO)ccc5c4CCNC5N)=C3C2)c1. The van der Waals surface area contributed by atoms with E-state index < -0.39 is 6.10 Å². The average Bonchev–Trinajstić information content (AvgIpc) is 3.57. The van der Waals surface area contributed by atoms with Crippen molar-refractivity contribution in [2.45, 2.75) is 83.6 Å². The molecule has 3 unspecified atom stereocenters. The number of rotatable bonds is 15. The van der Waals surface area contributed by atoms with Crippen LogP contribution in [0.1, 0.15) is 79.4 Å². The predicted octanol–water partition coefficient (Wildman–Crippen LogP) is 2.52. The number of aliphatic hydroxyl groups is 2. The predicted molar refractivity (Wildman–Crippen MR) is 166 cm³/mol. The van der Waals surface area contributed by atoms with Crippen LogP contribution in [-0.4, -0.2) is 53.2 Å². The number of allylic oxidation sites excluding steroid dienone is 1. The van der Waals surface area contributed by atoms with Gasteiger partial charge in [0.05, 0.1) is 18.9 Å². The van der Waals surface area contributed by atoms with Gasteiger partial charge in [-0.15, -0.1) is 0 Å². The van der Waals surface area contributed by atoms with Crippen molar-refractivity contribution in [1.29, 1.82) is 0 Å². The summed E-state index contributed by atoms with van der Waals surface area (Å²) in [6.45, 7) is 3.94. The summed E-state index contributed by atoms with van der Waals surface area (Å²) in [6, 6.07) is 9.20. The Labute approximate surface area is 253 Å². The van der Waals surface area contributed by atoms with E-state index in [0.717, 1.165) is 70.7 Å². The second kappa shape index (κ2) is 14.4. The number of unbranched alkanes of at least 4 members (excludes halogenated alkanes) is 2. The number of carbonyl (C=O) groups excluding carboxylic acids is 1. The summed E-state index contributed by atoms with van der Waals surface area (Å²) in [7, 11) is 0. The lowest BCUT2D eigenvalue weighted by molar-refractivity contribution is -0.855. The third kappa shape index (κ3) is 7.60. The normalized spacial score (nSPS) is 19.8. The number of Topliss-reactive ketones (excluding diaryl/α,β-unsaturated/α-hetero) is 1. The molecular formula is C34H45N4O5+. The zero-order chi connectivity index (χ0) is 30.3. The lowest BCUT2D eigenvalue weighted by atomic mass is 9.86. The van der Waals surface area contributed by atoms with E-state index in [4.69, 9.17) is 10.5 Å². The Balaban J connectivity index is 1.18. The number of hydrogen-bond acceptors (Lipinski definition) is 8. The van der Waals surface area contributed by atoms with Gasteiger partial charge >= 0.3 is 0 Å². The van der Waals surface area contributed by atoms with Gasteiger partial charge in [-0.05, 0) is 64.8 Å². The van der Waals surface area contributed by atoms with Crippen LogP contribution in [0.25, 0.3) is 0 Å². The number of hydrogen-bond donors (Lipinski definition) is 6. The largest absolute Gasteiger partial charge is 0.504 e. The van der Waals surface area contributed by atoms with Crippen molar-refractivity contribution in [2.24, 2.45) is 10.7 Å². The second-order valence-electron chi connectivity index (χ2n) is 11.9. The van der Waals surface area contributed by atoms with Crippen LogP contribution in [0.2, 0.25) is 0 Å². The van der Waals surface area contributed by atoms with Crippen LogP contribution < -0.4 is 20.7 Å². The molecule has 0 aliphatic carbocycles. The van der Waals surface area contributed by atoms with Crippen molar-refractivity contribution in [3.8, 4) is 11.5 Å². The van der Waals surface area contributed by atoms with Crippen molar-refractivity contribution < 1.29 is 29.8 Å². The molecule has 3 atom stereocenters. The maximum absolute atomic E-state index is 12.4. The van der Waals surface area contributed by atoms with Gasteiger partial charge in [-0.25, -0.2) is 0 Å². The number of phenols is 1. The number of ether oxygens (including phenoxy) is 1. The quantitative estimate of drug-likeness (QED) is 0.175. The third-order valence-electron chi connectivity index (χ3n) is 8.71. The number of fused-ring (bicyclic) bond motifs is 2. The van der Waals surface area contributed by atoms with Crippen molar-refractivity contribution >= 4 is 12.0 Å². The van der Waals surface area contributed by atoms with Crippen LogP contribution in [0, 0.1) is 0 Å². The minimum Gasteiger partial charge on any atom is -0.504 e. The van der Waals surface area contributed by atoms with Gasteiger partial charge in [-0.1, -0.05) is 44.4 Å². The van der Waals surface area contributed by atoms with E-state index >= 15 is 0 Å². The first kappa shape index (κ1) is 31.1. The molecule has 0 fully saturated rings. The monoisotopic (exact) mass is 589 g/mol. The molecule has 5 rings (SSSR count). The Morgan fingerprint density at radius 1 is 1.26 bits per heavy atom. The van der Waals surface area contributed by atoms with E-state index in [1.807, 2.05) is 18.3 Å². The third-order valence-corrected chi connectivity index (χ3v) is 8.71. The Bertz CT molecular complexity index is 1420. The lowest BCUT2D eigenvalue weighted by Gasteiger charge is -2.27. The molecule has 3 aliphatic heterocycles. The summed E-state index contributed by atoms with van der Waals surface area (Å²) in [6.07, 6.45) is 9.61. The summed E-state index contributed by atoms with van der Waals surface area (Å²) >= 11 is 0. The van der Waals surface area contributed by atoms with Crippen LogP contribution in [0.3, 0.4) is 0 Å². The number of quaternary nitrogens is 1. The van der Waals surface area contributed by atoms with Crippen LogP contribution in [-0.2, 0) is 30.7 Å². The highest BCUT2D eigenvalue weighted by molar-refractivity contribution is 5.87. The fraction of sp³-hybridized carbons (Fsp3) is 0.471. The summed E-state index contributed by atoms with van der Waals surface area (Å²) in [5.41, 5.74) is 14.9. The summed E-state index contributed by atoms with van der Waals surface area (Å²) in [5, 5.41) is 33.9. The number of nitrogens with zero attached hydrogens (tertiary/aromatic N) is 1. The number of carbonyl (C=O) groups is 1. The molecule has 2 aromatic carbocycles. The molecule has 43 heavy (non-hydrogen) atoms. The molecule has 0 bridgehead atoms. The lowest BCUT2D eigenvalue weighted by Crippen LogP contribution is -3.07. The second-order valence-corrected chi connectivity index (χ2v) is 11.9. The number of ketones is 1. The van der Waals surface area contributed by atoms with Crippen molar-refractivity contribution in [2.75, 3.05) is 19.8 Å². The van der Waals surface area contributed by atoms with Crippen molar-refractivity contribution in [1.82, 2.24) is 5.32 Å². The molecule has 2 aromatic rings. The van der Waals surface area contributed by atoms with Gasteiger partial charge in [0.25, 0.3) is 0 Å². The number of benzene rings is 2. The van der Waals surface area contributed by atoms with Gasteiger partial charge in [0.1, 0.15) is 24.2 Å². The van der Waals surface area contributed by atoms with E-state index in [0.29, 0.717) is 44.7 Å². The van der Waals surface area contributed by atoms with Gasteiger partial charge in [-0.3, -0.25) is 20.0 Å². The molecule has 0 saturated carbocycles. The first-order valence-electron chi connectivity index (χ1n) is 15.6. The van der Waals surface area contributed by atoms with Gasteiger partial charge in [-0.2, -0.15) is 0 Å². The molecule has 0 saturated heterocycles. The van der Waals surface area contributed by atoms with Crippen molar-refractivity contribution in [3.63, 3.8) is 0 Å². The maximum atomic E-state index is 12.4. The molecule has 3 aliphatic rings. The molecule has 0 amide bonds. The van der Waals surface area contributed by atoms with Gasteiger partial charge < -0.3 is 25.8 Å². The minimum absolute atomic E-state index is 0.0172. The Kier molecular flexibility index (Phi) is 10.4. The average molecular weight is 590 g/mol. The van der Waals surface area contributed by atoms with Gasteiger partial charge in [0.15, 0.2) is 11.5 Å². The molecule has 0 spiro atoms. The molecule has 9 heteroatoms. The van der Waals surface area contributed by atoms with Gasteiger partial charge in [0, 0.05) is 37.6 Å². The Hall–Kier alpha value is -3.34. The molecule has 3 heterocycles. The zero-order valence-corrected chi connectivity index (χ0v) is 25.1. The summed E-state index contributed by atoms with van der Waals surface area (Å²) in [4.78, 5) is 18.1. The van der Waals surface area contributed by atoms with Crippen molar-refractivity contribution in [3.05, 3.63) is 81.2 Å².